The van der Waals surface area contributed by atoms with Crippen LogP contribution >= 0.6 is 11.8 Å². The van der Waals surface area contributed by atoms with Gasteiger partial charge in [-0.25, -0.2) is 0 Å². The predicted octanol–water partition coefficient (Wildman–Crippen LogP) is -1.73. The van der Waals surface area contributed by atoms with Gasteiger partial charge >= 0.3 is 0 Å². The molecule has 0 radical (unpaired) electrons. The van der Waals surface area contributed by atoms with Crippen molar-refractivity contribution < 1.29 is 14.7 Å². The quantitative estimate of drug-likeness (QED) is 0.481. The Kier molecular flexibility index (Phi) is 2.16. The highest BCUT2D eigenvalue weighted by atomic mass is 32.2. The lowest BCUT2D eigenvalue weighted by Gasteiger charge is -2.13. The summed E-state index contributed by atoms with van der Waals surface area (Å²) in [5, 5.41) is 9.99. The van der Waals surface area contributed by atoms with Crippen molar-refractivity contribution in [2.24, 2.45) is 0 Å². The molecule has 1 rings (SSSR count). The molecule has 1 saturated heterocycles. The Bertz CT molecular complexity index is 170. The summed E-state index contributed by atoms with van der Waals surface area (Å²) in [6.45, 7) is -0.272. The predicted molar refractivity (Wildman–Crippen MR) is 34.0 cm³/mol. The molecule has 0 atom stereocenters. The number of amides is 1. The molecular weight excluding hydrogens is 154 g/mol. The van der Waals surface area contributed by atoms with Gasteiger partial charge in [-0.3, -0.25) is 4.79 Å². The van der Waals surface area contributed by atoms with Crippen LogP contribution in [0.15, 0.2) is 0 Å². The first kappa shape index (κ1) is 7.40. The first-order valence-corrected chi connectivity index (χ1v) is 3.91. The molecule has 0 saturated carbocycles. The standard InChI is InChI=1S/C5H7NO3S/c7-4-2-10-3-6(4)1-5(8)9/h1-3H2,(H,8,9)/p-1. The zero-order chi connectivity index (χ0) is 7.56. The lowest BCUT2D eigenvalue weighted by atomic mass is 10.5. The molecule has 0 aliphatic carbocycles. The van der Waals surface area contributed by atoms with Crippen LogP contribution < -0.4 is 5.11 Å². The minimum Gasteiger partial charge on any atom is -0.548 e. The smallest absolute Gasteiger partial charge is 0.233 e. The third-order valence-corrected chi connectivity index (χ3v) is 2.09. The van der Waals surface area contributed by atoms with E-state index in [1.165, 1.54) is 16.7 Å². The van der Waals surface area contributed by atoms with Crippen LogP contribution in [0, 0.1) is 0 Å². The molecule has 0 spiro atoms. The first-order chi connectivity index (χ1) is 4.70. The van der Waals surface area contributed by atoms with E-state index >= 15 is 0 Å². The molecule has 1 aliphatic heterocycles. The normalized spacial score (nSPS) is 18.0. The van der Waals surface area contributed by atoms with Crippen LogP contribution in [0.4, 0.5) is 0 Å². The van der Waals surface area contributed by atoms with Gasteiger partial charge in [0.05, 0.1) is 24.1 Å². The average molecular weight is 160 g/mol. The molecule has 0 N–H and O–H groups in total. The van der Waals surface area contributed by atoms with Crippen LogP contribution in [0.25, 0.3) is 0 Å². The summed E-state index contributed by atoms with van der Waals surface area (Å²) >= 11 is 1.42. The number of hydrogen-bond donors (Lipinski definition) is 0. The van der Waals surface area contributed by atoms with Gasteiger partial charge in [0, 0.05) is 0 Å². The first-order valence-electron chi connectivity index (χ1n) is 2.75. The molecule has 4 nitrogen and oxygen atoms in total. The molecule has 1 aliphatic rings. The Hall–Kier alpha value is -0.710. The van der Waals surface area contributed by atoms with E-state index in [-0.39, 0.29) is 12.5 Å². The third-order valence-electron chi connectivity index (χ3n) is 1.15. The monoisotopic (exact) mass is 160 g/mol. The Morgan fingerprint density at radius 2 is 2.50 bits per heavy atom. The Morgan fingerprint density at radius 1 is 1.80 bits per heavy atom. The Morgan fingerprint density at radius 3 is 2.90 bits per heavy atom. The largest absolute Gasteiger partial charge is 0.548 e. The molecule has 0 unspecified atom stereocenters. The van der Waals surface area contributed by atoms with E-state index < -0.39 is 5.97 Å². The number of carbonyl (C=O) groups excluding carboxylic acids is 2. The van der Waals surface area contributed by atoms with Gasteiger partial charge < -0.3 is 14.8 Å². The summed E-state index contributed by atoms with van der Waals surface area (Å²) in [4.78, 5) is 22.0. The Labute approximate surface area is 62.2 Å². The lowest BCUT2D eigenvalue weighted by molar-refractivity contribution is -0.305. The second kappa shape index (κ2) is 2.92. The fraction of sp³-hybridized carbons (Fsp3) is 0.600. The highest BCUT2D eigenvalue weighted by Crippen LogP contribution is 2.13. The molecule has 10 heavy (non-hydrogen) atoms. The number of carboxylic acid groups (broad SMARTS) is 1. The number of thioether (sulfide) groups is 1. The summed E-state index contributed by atoms with van der Waals surface area (Å²) in [7, 11) is 0. The number of nitrogens with zero attached hydrogens (tertiary/aromatic N) is 1. The maximum absolute atomic E-state index is 10.7. The molecule has 56 valence electrons. The zero-order valence-electron chi connectivity index (χ0n) is 5.20. The average Bonchev–Trinajstić information content (AvgIpc) is 2.15. The van der Waals surface area contributed by atoms with Gasteiger partial charge in [0.25, 0.3) is 0 Å². The summed E-state index contributed by atoms with van der Waals surface area (Å²) in [6.07, 6.45) is 0. The highest BCUT2D eigenvalue weighted by molar-refractivity contribution is 8.00. The molecule has 0 aromatic heterocycles. The SMILES string of the molecule is O=C([O-])CN1CSCC1=O. The number of rotatable bonds is 2. The van der Waals surface area contributed by atoms with Gasteiger partial charge in [0.2, 0.25) is 5.91 Å². The topological polar surface area (TPSA) is 60.4 Å². The van der Waals surface area contributed by atoms with E-state index in [4.69, 9.17) is 0 Å². The van der Waals surface area contributed by atoms with Gasteiger partial charge in [-0.15, -0.1) is 11.8 Å². The molecule has 0 aromatic rings. The van der Waals surface area contributed by atoms with Crippen molar-refractivity contribution in [1.29, 1.82) is 0 Å². The Balaban J connectivity index is 2.40. The van der Waals surface area contributed by atoms with Crippen LogP contribution in [-0.2, 0) is 9.59 Å². The maximum Gasteiger partial charge on any atom is 0.233 e. The number of hydrogen-bond acceptors (Lipinski definition) is 4. The van der Waals surface area contributed by atoms with E-state index in [1.807, 2.05) is 0 Å². The summed E-state index contributed by atoms with van der Waals surface area (Å²) in [5.74, 6) is -0.440. The summed E-state index contributed by atoms with van der Waals surface area (Å²) in [5.41, 5.74) is 0. The molecule has 0 bridgehead atoms. The minimum atomic E-state index is -1.20. The zero-order valence-corrected chi connectivity index (χ0v) is 6.02. The van der Waals surface area contributed by atoms with E-state index in [2.05, 4.69) is 0 Å². The minimum absolute atomic E-state index is 0.116. The third kappa shape index (κ3) is 1.63. The molecule has 1 heterocycles. The molecule has 1 fully saturated rings. The van der Waals surface area contributed by atoms with Crippen molar-refractivity contribution in [3.8, 4) is 0 Å². The number of carboxylic acids is 1. The molecule has 1 amide bonds. The van der Waals surface area contributed by atoms with Crippen molar-refractivity contribution in [1.82, 2.24) is 4.90 Å². The van der Waals surface area contributed by atoms with E-state index in [1.54, 1.807) is 0 Å². The van der Waals surface area contributed by atoms with Crippen molar-refractivity contribution in [2.45, 2.75) is 0 Å². The van der Waals surface area contributed by atoms with E-state index in [9.17, 15) is 14.7 Å². The number of aliphatic carboxylic acids is 1. The van der Waals surface area contributed by atoms with Crippen LogP contribution in [0.5, 0.6) is 0 Å². The van der Waals surface area contributed by atoms with Gasteiger partial charge in [0.1, 0.15) is 0 Å². The van der Waals surface area contributed by atoms with Crippen LogP contribution in [-0.4, -0.2) is 35.0 Å². The lowest BCUT2D eigenvalue weighted by Crippen LogP contribution is -2.38. The van der Waals surface area contributed by atoms with Crippen molar-refractivity contribution in [3.05, 3.63) is 0 Å². The van der Waals surface area contributed by atoms with E-state index in [0.717, 1.165) is 0 Å². The van der Waals surface area contributed by atoms with Crippen LogP contribution in [0.1, 0.15) is 0 Å². The van der Waals surface area contributed by atoms with Crippen LogP contribution in [0.3, 0.4) is 0 Å². The van der Waals surface area contributed by atoms with E-state index in [0.29, 0.717) is 11.6 Å². The summed E-state index contributed by atoms with van der Waals surface area (Å²) in [6, 6.07) is 0. The van der Waals surface area contributed by atoms with Gasteiger partial charge in [-0.1, -0.05) is 0 Å². The van der Waals surface area contributed by atoms with Crippen molar-refractivity contribution >= 4 is 23.6 Å². The van der Waals surface area contributed by atoms with Gasteiger partial charge in [-0.05, 0) is 0 Å². The van der Waals surface area contributed by atoms with Crippen molar-refractivity contribution in [2.75, 3.05) is 18.2 Å². The second-order valence-corrected chi connectivity index (χ2v) is 2.90. The molecule has 0 aromatic carbocycles. The highest BCUT2D eigenvalue weighted by Gasteiger charge is 2.19. The van der Waals surface area contributed by atoms with Gasteiger partial charge in [0.15, 0.2) is 0 Å². The maximum atomic E-state index is 10.7. The summed E-state index contributed by atoms with van der Waals surface area (Å²) < 4.78 is 0. The molecule has 5 heteroatoms. The fourth-order valence-corrected chi connectivity index (χ4v) is 1.60. The second-order valence-electron chi connectivity index (χ2n) is 1.94. The molecular formula is C5H6NO3S-. The number of carbonyl (C=O) groups is 2. The fourth-order valence-electron chi connectivity index (χ4n) is 0.696. The van der Waals surface area contributed by atoms with Crippen molar-refractivity contribution in [3.63, 3.8) is 0 Å². The van der Waals surface area contributed by atoms with Crippen LogP contribution in [0.2, 0.25) is 0 Å². The van der Waals surface area contributed by atoms with Gasteiger partial charge in [-0.2, -0.15) is 0 Å².